The molecule has 13 heavy (non-hydrogen) atoms. The second kappa shape index (κ2) is 3.67. The first-order valence-electron chi connectivity index (χ1n) is 3.64. The van der Waals surface area contributed by atoms with Crippen molar-refractivity contribution in [2.75, 3.05) is 0 Å². The first-order chi connectivity index (χ1) is 5.94. The van der Waals surface area contributed by atoms with Gasteiger partial charge in [0.1, 0.15) is 10.1 Å². The summed E-state index contributed by atoms with van der Waals surface area (Å²) < 4.78 is 25.4. The minimum Gasteiger partial charge on any atom is -0.316 e. The summed E-state index contributed by atoms with van der Waals surface area (Å²) in [5.74, 6) is 0. The first-order valence-corrected chi connectivity index (χ1v) is 4.44. The van der Waals surface area contributed by atoms with Crippen LogP contribution in [0.4, 0.5) is 8.78 Å². The van der Waals surface area contributed by atoms with Crippen LogP contribution in [0.1, 0.15) is 12.6 Å². The van der Waals surface area contributed by atoms with Gasteiger partial charge in [0.2, 0.25) is 0 Å². The van der Waals surface area contributed by atoms with Gasteiger partial charge < -0.3 is 5.73 Å². The number of nitrogens with zero attached hydrogens (tertiary/aromatic N) is 1. The summed E-state index contributed by atoms with van der Waals surface area (Å²) >= 11 is 3.09. The van der Waals surface area contributed by atoms with Gasteiger partial charge in [0, 0.05) is 0 Å². The second-order valence-corrected chi connectivity index (χ2v) is 3.74. The molecule has 0 fully saturated rings. The third-order valence-electron chi connectivity index (χ3n) is 1.72. The van der Waals surface area contributed by atoms with Crippen LogP contribution < -0.4 is 5.73 Å². The van der Waals surface area contributed by atoms with Gasteiger partial charge in [-0.3, -0.25) is 0 Å². The minimum absolute atomic E-state index is 0.178. The molecule has 1 rings (SSSR count). The molecule has 1 atom stereocenters. The largest absolute Gasteiger partial charge is 0.316 e. The highest BCUT2D eigenvalue weighted by molar-refractivity contribution is 9.10. The maximum absolute atomic E-state index is 12.4. The third-order valence-corrected chi connectivity index (χ3v) is 2.16. The molecule has 72 valence electrons. The van der Waals surface area contributed by atoms with E-state index in [0.29, 0.717) is 4.60 Å². The topological polar surface area (TPSA) is 38.9 Å². The predicted octanol–water partition coefficient (Wildman–Crippen LogP) is 2.28. The number of halogens is 3. The van der Waals surface area contributed by atoms with Crippen molar-refractivity contribution in [1.82, 2.24) is 4.98 Å². The zero-order valence-corrected chi connectivity index (χ0v) is 8.55. The average Bonchev–Trinajstić information content (AvgIpc) is 2.04. The Labute approximate surface area is 83.3 Å². The standard InChI is InChI=1S/C8H9BrF2N2/c1-8(12,7(10)11)5-3-2-4-6(9)13-5/h2-4,7H,12H2,1H3. The molecule has 0 saturated heterocycles. The summed E-state index contributed by atoms with van der Waals surface area (Å²) in [5.41, 5.74) is 3.90. The molecule has 0 aliphatic rings. The Kier molecular flexibility index (Phi) is 2.98. The SMILES string of the molecule is CC(N)(c1cccc(Br)n1)C(F)F. The van der Waals surface area contributed by atoms with E-state index in [-0.39, 0.29) is 5.69 Å². The van der Waals surface area contributed by atoms with Crippen LogP contribution in [0, 0.1) is 0 Å². The van der Waals surface area contributed by atoms with Crippen LogP contribution in [-0.2, 0) is 5.54 Å². The second-order valence-electron chi connectivity index (χ2n) is 2.93. The average molecular weight is 251 g/mol. The summed E-state index contributed by atoms with van der Waals surface area (Å²) in [5, 5.41) is 0. The van der Waals surface area contributed by atoms with E-state index >= 15 is 0 Å². The quantitative estimate of drug-likeness (QED) is 0.819. The van der Waals surface area contributed by atoms with E-state index in [0.717, 1.165) is 0 Å². The molecule has 0 bridgehead atoms. The van der Waals surface area contributed by atoms with Crippen molar-refractivity contribution in [2.24, 2.45) is 5.73 Å². The van der Waals surface area contributed by atoms with Crippen LogP contribution in [0.2, 0.25) is 0 Å². The highest BCUT2D eigenvalue weighted by atomic mass is 79.9. The molecule has 0 saturated carbocycles. The maximum atomic E-state index is 12.4. The third kappa shape index (κ3) is 2.22. The van der Waals surface area contributed by atoms with Gasteiger partial charge in [-0.25, -0.2) is 13.8 Å². The highest BCUT2D eigenvalue weighted by Gasteiger charge is 2.33. The molecule has 1 unspecified atom stereocenters. The lowest BCUT2D eigenvalue weighted by Gasteiger charge is -2.22. The van der Waals surface area contributed by atoms with E-state index in [4.69, 9.17) is 5.73 Å². The number of nitrogens with two attached hydrogens (primary N) is 1. The summed E-state index contributed by atoms with van der Waals surface area (Å²) in [6.45, 7) is 1.26. The van der Waals surface area contributed by atoms with E-state index in [1.165, 1.54) is 13.0 Å². The van der Waals surface area contributed by atoms with Crippen LogP contribution in [-0.4, -0.2) is 11.4 Å². The first kappa shape index (κ1) is 10.5. The molecule has 2 nitrogen and oxygen atoms in total. The normalized spacial score (nSPS) is 15.8. The lowest BCUT2D eigenvalue weighted by molar-refractivity contribution is 0.0601. The van der Waals surface area contributed by atoms with Gasteiger partial charge in [0.05, 0.1) is 5.69 Å². The molecule has 2 N–H and O–H groups in total. The van der Waals surface area contributed by atoms with Gasteiger partial charge in [0.25, 0.3) is 6.43 Å². The molecular formula is C8H9BrF2N2. The van der Waals surface area contributed by atoms with Crippen LogP contribution >= 0.6 is 15.9 Å². The van der Waals surface area contributed by atoms with E-state index in [9.17, 15) is 8.78 Å². The molecule has 1 heterocycles. The lowest BCUT2D eigenvalue weighted by Crippen LogP contribution is -2.41. The fourth-order valence-corrected chi connectivity index (χ4v) is 1.16. The van der Waals surface area contributed by atoms with Gasteiger partial charge in [-0.15, -0.1) is 0 Å². The molecule has 0 aliphatic carbocycles. The zero-order valence-electron chi connectivity index (χ0n) is 6.97. The van der Waals surface area contributed by atoms with Crippen LogP contribution in [0.25, 0.3) is 0 Å². The van der Waals surface area contributed by atoms with Crippen molar-refractivity contribution in [3.05, 3.63) is 28.5 Å². The van der Waals surface area contributed by atoms with Crippen molar-refractivity contribution in [2.45, 2.75) is 18.9 Å². The molecule has 1 aromatic rings. The minimum atomic E-state index is -2.63. The molecular weight excluding hydrogens is 242 g/mol. The molecule has 0 radical (unpaired) electrons. The van der Waals surface area contributed by atoms with Gasteiger partial charge >= 0.3 is 0 Å². The number of hydrogen-bond acceptors (Lipinski definition) is 2. The Bertz CT molecular complexity index is 302. The van der Waals surface area contributed by atoms with Crippen LogP contribution in [0.15, 0.2) is 22.8 Å². The Hall–Kier alpha value is -0.550. The van der Waals surface area contributed by atoms with Gasteiger partial charge in [-0.1, -0.05) is 6.07 Å². The van der Waals surface area contributed by atoms with Crippen molar-refractivity contribution < 1.29 is 8.78 Å². The number of hydrogen-bond donors (Lipinski definition) is 1. The smallest absolute Gasteiger partial charge is 0.261 e. The maximum Gasteiger partial charge on any atom is 0.261 e. The van der Waals surface area contributed by atoms with Crippen molar-refractivity contribution in [3.63, 3.8) is 0 Å². The van der Waals surface area contributed by atoms with Gasteiger partial charge in [0.15, 0.2) is 0 Å². The monoisotopic (exact) mass is 250 g/mol. The van der Waals surface area contributed by atoms with Crippen molar-refractivity contribution in [1.29, 1.82) is 0 Å². The predicted molar refractivity (Wildman–Crippen MR) is 49.5 cm³/mol. The fourth-order valence-electron chi connectivity index (χ4n) is 0.820. The van der Waals surface area contributed by atoms with Crippen LogP contribution in [0.5, 0.6) is 0 Å². The van der Waals surface area contributed by atoms with Crippen molar-refractivity contribution >= 4 is 15.9 Å². The number of rotatable bonds is 2. The molecule has 1 aromatic heterocycles. The van der Waals surface area contributed by atoms with Gasteiger partial charge in [-0.2, -0.15) is 0 Å². The Morgan fingerprint density at radius 1 is 1.54 bits per heavy atom. The number of aromatic nitrogens is 1. The summed E-state index contributed by atoms with van der Waals surface area (Å²) in [6.07, 6.45) is -2.63. The number of alkyl halides is 2. The molecule has 5 heteroatoms. The van der Waals surface area contributed by atoms with E-state index in [1.54, 1.807) is 12.1 Å². The Morgan fingerprint density at radius 3 is 2.62 bits per heavy atom. The molecule has 0 spiro atoms. The Morgan fingerprint density at radius 2 is 2.15 bits per heavy atom. The highest BCUT2D eigenvalue weighted by Crippen LogP contribution is 2.24. The zero-order chi connectivity index (χ0) is 10.1. The van der Waals surface area contributed by atoms with E-state index in [1.807, 2.05) is 0 Å². The van der Waals surface area contributed by atoms with Gasteiger partial charge in [-0.05, 0) is 35.0 Å². The lowest BCUT2D eigenvalue weighted by atomic mass is 9.99. The molecule has 0 aliphatic heterocycles. The van der Waals surface area contributed by atoms with Crippen LogP contribution in [0.3, 0.4) is 0 Å². The van der Waals surface area contributed by atoms with E-state index < -0.39 is 12.0 Å². The molecule has 0 aromatic carbocycles. The fraction of sp³-hybridized carbons (Fsp3) is 0.375. The number of pyridine rings is 1. The summed E-state index contributed by atoms with van der Waals surface area (Å²) in [4.78, 5) is 3.88. The summed E-state index contributed by atoms with van der Waals surface area (Å²) in [6, 6.07) is 4.77. The Balaban J connectivity index is 3.07. The van der Waals surface area contributed by atoms with Crippen molar-refractivity contribution in [3.8, 4) is 0 Å². The molecule has 0 amide bonds. The van der Waals surface area contributed by atoms with E-state index in [2.05, 4.69) is 20.9 Å². The summed E-state index contributed by atoms with van der Waals surface area (Å²) in [7, 11) is 0.